The summed E-state index contributed by atoms with van der Waals surface area (Å²) in [5, 5.41) is 1.90. The number of benzene rings is 3. The van der Waals surface area contributed by atoms with Gasteiger partial charge in [0.2, 0.25) is 5.75 Å². The first-order valence-electron chi connectivity index (χ1n) is 11.4. The number of anilines is 1. The minimum atomic E-state index is -4.27. The number of nitrogens with zero attached hydrogens (tertiary/aromatic N) is 1. The Kier molecular flexibility index (Phi) is 7.93. The Balaban J connectivity index is 1.67. The SMILES string of the molecule is COC(=O)c1ccc(N2C(=O)NC(=O)/C(=C\c3cc(Cl)c(OS(=O)(=O)c4ccc(C)cc4)c(OC)c3)C2=O)cc1. The molecule has 206 valence electrons. The van der Waals surface area contributed by atoms with Crippen LogP contribution in [-0.4, -0.2) is 46.5 Å². The number of methoxy groups -OCH3 is 2. The molecule has 1 aliphatic rings. The van der Waals surface area contributed by atoms with Crippen molar-refractivity contribution in [2.45, 2.75) is 11.8 Å². The number of amides is 4. The predicted octanol–water partition coefficient (Wildman–Crippen LogP) is 3.88. The summed E-state index contributed by atoms with van der Waals surface area (Å²) in [6, 6.07) is 13.0. The molecule has 4 amide bonds. The van der Waals surface area contributed by atoms with Crippen molar-refractivity contribution in [3.63, 3.8) is 0 Å². The minimum Gasteiger partial charge on any atom is -0.493 e. The fourth-order valence-electron chi connectivity index (χ4n) is 3.69. The lowest BCUT2D eigenvalue weighted by molar-refractivity contribution is -0.122. The summed E-state index contributed by atoms with van der Waals surface area (Å²) in [5.41, 5.74) is 0.892. The first kappa shape index (κ1) is 28.3. The summed E-state index contributed by atoms with van der Waals surface area (Å²) in [6.45, 7) is 1.80. The summed E-state index contributed by atoms with van der Waals surface area (Å²) < 4.78 is 40.7. The molecular weight excluding hydrogens is 564 g/mol. The Bertz CT molecular complexity index is 1670. The normalized spacial score (nSPS) is 14.7. The fraction of sp³-hybridized carbons (Fsp3) is 0.111. The number of imide groups is 2. The second-order valence-electron chi connectivity index (χ2n) is 8.38. The third-order valence-electron chi connectivity index (χ3n) is 5.71. The molecule has 40 heavy (non-hydrogen) atoms. The number of hydrogen-bond donors (Lipinski definition) is 1. The van der Waals surface area contributed by atoms with E-state index in [1.807, 2.05) is 0 Å². The first-order chi connectivity index (χ1) is 18.9. The monoisotopic (exact) mass is 584 g/mol. The zero-order valence-electron chi connectivity index (χ0n) is 21.3. The first-order valence-corrected chi connectivity index (χ1v) is 13.2. The number of esters is 1. The molecule has 1 aliphatic heterocycles. The van der Waals surface area contributed by atoms with Crippen LogP contribution in [0.1, 0.15) is 21.5 Å². The van der Waals surface area contributed by atoms with Crippen LogP contribution < -0.4 is 19.1 Å². The van der Waals surface area contributed by atoms with Crippen molar-refractivity contribution >= 4 is 57.3 Å². The molecule has 0 aromatic heterocycles. The van der Waals surface area contributed by atoms with E-state index in [1.165, 1.54) is 62.8 Å². The van der Waals surface area contributed by atoms with E-state index in [4.69, 9.17) is 20.5 Å². The van der Waals surface area contributed by atoms with Gasteiger partial charge in [0.25, 0.3) is 11.8 Å². The number of hydrogen-bond acceptors (Lipinski definition) is 9. The highest BCUT2D eigenvalue weighted by atomic mass is 35.5. The highest BCUT2D eigenvalue weighted by molar-refractivity contribution is 7.87. The number of barbiturate groups is 1. The van der Waals surface area contributed by atoms with Crippen LogP contribution in [0, 0.1) is 6.92 Å². The number of urea groups is 1. The number of carbonyl (C=O) groups is 4. The molecule has 1 heterocycles. The van der Waals surface area contributed by atoms with Gasteiger partial charge in [0, 0.05) is 0 Å². The molecule has 4 rings (SSSR count). The lowest BCUT2D eigenvalue weighted by atomic mass is 10.1. The maximum Gasteiger partial charge on any atom is 0.339 e. The summed E-state index contributed by atoms with van der Waals surface area (Å²) in [7, 11) is -1.80. The second-order valence-corrected chi connectivity index (χ2v) is 10.3. The number of carbonyl (C=O) groups excluding carboxylic acids is 4. The van der Waals surface area contributed by atoms with Crippen LogP contribution in [0.3, 0.4) is 0 Å². The zero-order chi connectivity index (χ0) is 29.2. The molecule has 3 aromatic carbocycles. The van der Waals surface area contributed by atoms with Crippen molar-refractivity contribution in [2.75, 3.05) is 19.1 Å². The van der Waals surface area contributed by atoms with Crippen LogP contribution in [0.25, 0.3) is 6.08 Å². The van der Waals surface area contributed by atoms with Gasteiger partial charge in [-0.25, -0.2) is 14.5 Å². The number of aryl methyl sites for hydroxylation is 1. The van der Waals surface area contributed by atoms with Gasteiger partial charge in [0.15, 0.2) is 5.75 Å². The molecule has 0 aliphatic carbocycles. The molecule has 0 bridgehead atoms. The number of nitrogens with one attached hydrogen (secondary N) is 1. The number of ether oxygens (including phenoxy) is 2. The van der Waals surface area contributed by atoms with Gasteiger partial charge < -0.3 is 13.7 Å². The largest absolute Gasteiger partial charge is 0.493 e. The smallest absolute Gasteiger partial charge is 0.339 e. The topological polar surface area (TPSA) is 145 Å². The summed E-state index contributed by atoms with van der Waals surface area (Å²) >= 11 is 6.34. The van der Waals surface area contributed by atoms with E-state index in [-0.39, 0.29) is 38.2 Å². The lowest BCUT2D eigenvalue weighted by Crippen LogP contribution is -2.54. The Hall–Kier alpha value is -4.68. The summed E-state index contributed by atoms with van der Waals surface area (Å²) in [6.07, 6.45) is 1.16. The van der Waals surface area contributed by atoms with E-state index in [9.17, 15) is 27.6 Å². The summed E-state index contributed by atoms with van der Waals surface area (Å²) in [5.74, 6) is -2.91. The van der Waals surface area contributed by atoms with Crippen molar-refractivity contribution < 1.29 is 41.3 Å². The van der Waals surface area contributed by atoms with E-state index >= 15 is 0 Å². The van der Waals surface area contributed by atoms with Crippen LogP contribution in [0.5, 0.6) is 11.5 Å². The van der Waals surface area contributed by atoms with E-state index in [0.29, 0.717) is 0 Å². The third kappa shape index (κ3) is 5.67. The lowest BCUT2D eigenvalue weighted by Gasteiger charge is -2.26. The van der Waals surface area contributed by atoms with Crippen LogP contribution in [0.4, 0.5) is 10.5 Å². The van der Waals surface area contributed by atoms with Gasteiger partial charge in [-0.3, -0.25) is 14.9 Å². The zero-order valence-corrected chi connectivity index (χ0v) is 22.8. The van der Waals surface area contributed by atoms with E-state index in [0.717, 1.165) is 16.5 Å². The van der Waals surface area contributed by atoms with Crippen LogP contribution >= 0.6 is 11.6 Å². The van der Waals surface area contributed by atoms with Crippen molar-refractivity contribution in [1.82, 2.24) is 5.32 Å². The molecule has 1 saturated heterocycles. The van der Waals surface area contributed by atoms with Gasteiger partial charge in [-0.2, -0.15) is 8.42 Å². The minimum absolute atomic E-state index is 0.0919. The fourth-order valence-corrected chi connectivity index (χ4v) is 4.95. The van der Waals surface area contributed by atoms with E-state index in [1.54, 1.807) is 19.1 Å². The number of halogens is 1. The van der Waals surface area contributed by atoms with Gasteiger partial charge in [0.1, 0.15) is 10.5 Å². The molecule has 11 nitrogen and oxygen atoms in total. The Morgan fingerprint density at radius 1 is 0.975 bits per heavy atom. The highest BCUT2D eigenvalue weighted by Gasteiger charge is 2.37. The molecular formula is C27H21ClN2O9S. The molecule has 3 aromatic rings. The van der Waals surface area contributed by atoms with Crippen LogP contribution in [-0.2, 0) is 24.4 Å². The van der Waals surface area contributed by atoms with Crippen molar-refractivity contribution in [3.05, 3.63) is 87.9 Å². The average Bonchev–Trinajstić information content (AvgIpc) is 2.92. The predicted molar refractivity (Wildman–Crippen MR) is 144 cm³/mol. The molecule has 0 radical (unpaired) electrons. The van der Waals surface area contributed by atoms with Crippen molar-refractivity contribution in [2.24, 2.45) is 0 Å². The number of rotatable bonds is 7. The van der Waals surface area contributed by atoms with Crippen LogP contribution in [0.15, 0.2) is 71.1 Å². The molecule has 1 N–H and O–H groups in total. The van der Waals surface area contributed by atoms with Gasteiger partial charge in [-0.1, -0.05) is 29.3 Å². The average molecular weight is 585 g/mol. The van der Waals surface area contributed by atoms with E-state index in [2.05, 4.69) is 10.1 Å². The van der Waals surface area contributed by atoms with E-state index < -0.39 is 39.5 Å². The molecule has 1 fully saturated rings. The third-order valence-corrected chi connectivity index (χ3v) is 7.23. The van der Waals surface area contributed by atoms with Crippen LogP contribution in [0.2, 0.25) is 5.02 Å². The summed E-state index contributed by atoms with van der Waals surface area (Å²) in [4.78, 5) is 50.6. The molecule has 0 unspecified atom stereocenters. The Morgan fingerprint density at radius 2 is 1.62 bits per heavy atom. The van der Waals surface area contributed by atoms with Gasteiger partial charge >= 0.3 is 22.1 Å². The van der Waals surface area contributed by atoms with Gasteiger partial charge in [0.05, 0.1) is 30.5 Å². The molecule has 0 spiro atoms. The van der Waals surface area contributed by atoms with Gasteiger partial charge in [-0.05, 0) is 67.1 Å². The molecule has 0 atom stereocenters. The quantitative estimate of drug-likeness (QED) is 0.189. The Labute approximate surface area is 234 Å². The van der Waals surface area contributed by atoms with Gasteiger partial charge in [-0.15, -0.1) is 0 Å². The van der Waals surface area contributed by atoms with Crippen molar-refractivity contribution in [3.8, 4) is 11.5 Å². The molecule has 0 saturated carbocycles. The maximum absolute atomic E-state index is 13.2. The molecule has 13 heteroatoms. The second kappa shape index (κ2) is 11.2. The maximum atomic E-state index is 13.2. The standard InChI is InChI=1S/C27H21ClN2O9S/c1-15-4-10-19(11-5-15)40(35,36)39-23-21(28)13-16(14-22(23)37-2)12-20-24(31)29-27(34)30(25(20)32)18-8-6-17(7-9-18)26(33)38-3/h4-14H,1-3H3,(H,29,31,34)/b20-12+. The Morgan fingerprint density at radius 3 is 2.23 bits per heavy atom. The van der Waals surface area contributed by atoms with Crippen molar-refractivity contribution in [1.29, 1.82) is 0 Å². The highest BCUT2D eigenvalue weighted by Crippen LogP contribution is 2.39.